The molecule has 0 aliphatic heterocycles. The van der Waals surface area contributed by atoms with Gasteiger partial charge in [0, 0.05) is 16.3 Å². The number of aromatic nitrogens is 1. The second-order valence-corrected chi connectivity index (χ2v) is 6.25. The Balaban J connectivity index is 1.53. The molecule has 4 N–H and O–H groups in total. The lowest BCUT2D eigenvalue weighted by atomic mass is 10.1. The molecule has 3 aromatic rings. The fraction of sp³-hybridized carbons (Fsp3) is 0.350. The minimum Gasteiger partial charge on any atom is -0.493 e. The molecule has 0 radical (unpaired) electrons. The molecular formula is C20H25N2O2+. The molecule has 0 saturated heterocycles. The van der Waals surface area contributed by atoms with Crippen molar-refractivity contribution in [2.24, 2.45) is 0 Å². The number of carbonyl (C=O) groups is 1. The number of H-pyrrole nitrogens is 1. The second-order valence-electron chi connectivity index (χ2n) is 6.25. The van der Waals surface area contributed by atoms with Gasteiger partial charge in [-0.25, -0.2) is 4.79 Å². The highest BCUT2D eigenvalue weighted by atomic mass is 16.5. The number of fused-ring (bicyclic) bond motifs is 3. The minimum absolute atomic E-state index is 0.0464. The third-order valence-corrected chi connectivity index (χ3v) is 4.35. The van der Waals surface area contributed by atoms with Crippen molar-refractivity contribution in [3.8, 4) is 5.75 Å². The van der Waals surface area contributed by atoms with Crippen LogP contribution < -0.4 is 10.5 Å². The van der Waals surface area contributed by atoms with Gasteiger partial charge in [-0.15, -0.1) is 0 Å². The first-order chi connectivity index (χ1) is 11.8. The molecule has 1 aromatic heterocycles. The van der Waals surface area contributed by atoms with Crippen molar-refractivity contribution in [1.82, 2.24) is 4.98 Å². The van der Waals surface area contributed by atoms with Crippen LogP contribution in [0.15, 0.2) is 42.5 Å². The largest absolute Gasteiger partial charge is 0.493 e. The summed E-state index contributed by atoms with van der Waals surface area (Å²) < 4.78 is 6.05. The zero-order valence-corrected chi connectivity index (χ0v) is 14.0. The Hall–Kier alpha value is -2.33. The topological polar surface area (TPSA) is 69.7 Å². The lowest BCUT2D eigenvalue weighted by Gasteiger charge is -2.08. The number of nitrogens with one attached hydrogen (secondary N) is 1. The third kappa shape index (κ3) is 3.95. The highest BCUT2D eigenvalue weighted by Crippen LogP contribution is 2.33. The van der Waals surface area contributed by atoms with Gasteiger partial charge in [0.25, 0.3) is 0 Å². The summed E-state index contributed by atoms with van der Waals surface area (Å²) in [5.41, 5.74) is 5.66. The van der Waals surface area contributed by atoms with Gasteiger partial charge in [0.1, 0.15) is 5.75 Å². The molecule has 1 heterocycles. The minimum atomic E-state index is 0.0464. The Kier molecular flexibility index (Phi) is 5.49. The number of aromatic amines is 1. The van der Waals surface area contributed by atoms with E-state index >= 15 is 0 Å². The van der Waals surface area contributed by atoms with Crippen LogP contribution in [-0.4, -0.2) is 17.5 Å². The van der Waals surface area contributed by atoms with E-state index < -0.39 is 0 Å². The van der Waals surface area contributed by atoms with Crippen LogP contribution in [0.1, 0.15) is 38.5 Å². The number of hydrogen-bond acceptors (Lipinski definition) is 2. The Morgan fingerprint density at radius 3 is 2.54 bits per heavy atom. The number of benzene rings is 2. The van der Waals surface area contributed by atoms with Gasteiger partial charge in [0.2, 0.25) is 0 Å². The summed E-state index contributed by atoms with van der Waals surface area (Å²) in [7, 11) is 0. The number of ether oxygens (including phenoxy) is 1. The van der Waals surface area contributed by atoms with Crippen LogP contribution in [0.3, 0.4) is 0 Å². The number of para-hydroxylation sites is 1. The Morgan fingerprint density at radius 1 is 0.917 bits per heavy atom. The number of hydrogen-bond donors (Lipinski definition) is 2. The molecule has 0 unspecified atom stereocenters. The van der Waals surface area contributed by atoms with Crippen LogP contribution in [-0.2, 0) is 4.79 Å². The molecule has 0 aliphatic rings. The van der Waals surface area contributed by atoms with E-state index in [2.05, 4.69) is 35.0 Å². The van der Waals surface area contributed by atoms with Crippen molar-refractivity contribution < 1.29 is 15.3 Å². The van der Waals surface area contributed by atoms with E-state index in [1.54, 1.807) is 0 Å². The molecule has 0 fully saturated rings. The van der Waals surface area contributed by atoms with Gasteiger partial charge in [-0.3, -0.25) is 5.73 Å². The number of quaternary nitrogens is 1. The van der Waals surface area contributed by atoms with E-state index in [9.17, 15) is 4.79 Å². The fourth-order valence-corrected chi connectivity index (χ4v) is 3.13. The SMILES string of the molecule is [NH3+]C(=O)CCCCCCCOc1cccc2[nH]c3ccccc3c12. The summed E-state index contributed by atoms with van der Waals surface area (Å²) in [6.45, 7) is 0.729. The maximum absolute atomic E-state index is 10.8. The summed E-state index contributed by atoms with van der Waals surface area (Å²) in [4.78, 5) is 14.2. The first kappa shape index (κ1) is 16.5. The van der Waals surface area contributed by atoms with E-state index in [-0.39, 0.29) is 5.91 Å². The van der Waals surface area contributed by atoms with Gasteiger partial charge in [-0.05, 0) is 31.0 Å². The molecule has 3 rings (SSSR count). The molecule has 0 saturated carbocycles. The highest BCUT2D eigenvalue weighted by molar-refractivity contribution is 6.10. The van der Waals surface area contributed by atoms with E-state index in [0.29, 0.717) is 6.42 Å². The quantitative estimate of drug-likeness (QED) is 0.587. The first-order valence-corrected chi connectivity index (χ1v) is 8.73. The second kappa shape index (κ2) is 7.97. The normalized spacial score (nSPS) is 11.2. The molecule has 0 spiro atoms. The number of rotatable bonds is 9. The van der Waals surface area contributed by atoms with Gasteiger partial charge >= 0.3 is 5.91 Å². The van der Waals surface area contributed by atoms with E-state index in [4.69, 9.17) is 4.74 Å². The van der Waals surface area contributed by atoms with Crippen molar-refractivity contribution in [2.45, 2.75) is 38.5 Å². The van der Waals surface area contributed by atoms with Gasteiger partial charge in [0.05, 0.1) is 18.5 Å². The summed E-state index contributed by atoms with van der Waals surface area (Å²) in [5.74, 6) is 0.998. The lowest BCUT2D eigenvalue weighted by molar-refractivity contribution is -0.305. The molecular weight excluding hydrogens is 300 g/mol. The van der Waals surface area contributed by atoms with Gasteiger partial charge < -0.3 is 9.72 Å². The van der Waals surface area contributed by atoms with Crippen LogP contribution in [0.2, 0.25) is 0 Å². The molecule has 1 amide bonds. The standard InChI is InChI=1S/C20H24N2O2/c21-19(23)13-4-2-1-3-7-14-24-18-12-8-11-17-20(18)15-9-5-6-10-16(15)22-17/h5-6,8-12,22H,1-4,7,13-14H2,(H2,21,23)/p+1. The predicted octanol–water partition coefficient (Wildman–Crippen LogP) is 3.81. The van der Waals surface area contributed by atoms with Gasteiger partial charge in [-0.2, -0.15) is 0 Å². The molecule has 4 heteroatoms. The van der Waals surface area contributed by atoms with Crippen LogP contribution >= 0.6 is 0 Å². The van der Waals surface area contributed by atoms with Gasteiger partial charge in [-0.1, -0.05) is 43.5 Å². The molecule has 0 bridgehead atoms. The van der Waals surface area contributed by atoms with Crippen molar-refractivity contribution in [2.75, 3.05) is 6.61 Å². The molecule has 0 atom stereocenters. The average Bonchev–Trinajstić information content (AvgIpc) is 2.96. The van der Waals surface area contributed by atoms with Crippen molar-refractivity contribution in [1.29, 1.82) is 0 Å². The Bertz CT molecular complexity index is 823. The number of carbonyl (C=O) groups excluding carboxylic acids is 1. The molecule has 0 aliphatic carbocycles. The monoisotopic (exact) mass is 325 g/mol. The zero-order valence-electron chi connectivity index (χ0n) is 14.0. The third-order valence-electron chi connectivity index (χ3n) is 4.35. The maximum atomic E-state index is 10.8. The Morgan fingerprint density at radius 2 is 1.67 bits per heavy atom. The summed E-state index contributed by atoms with van der Waals surface area (Å²) in [6, 6.07) is 14.5. The first-order valence-electron chi connectivity index (χ1n) is 8.73. The van der Waals surface area contributed by atoms with Crippen LogP contribution in [0.25, 0.3) is 21.8 Å². The number of amides is 1. The zero-order chi connectivity index (χ0) is 16.8. The van der Waals surface area contributed by atoms with Crippen molar-refractivity contribution in [3.05, 3.63) is 42.5 Å². The van der Waals surface area contributed by atoms with E-state index in [0.717, 1.165) is 55.5 Å². The molecule has 2 aromatic carbocycles. The smallest absolute Gasteiger partial charge is 0.308 e. The molecule has 24 heavy (non-hydrogen) atoms. The van der Waals surface area contributed by atoms with Crippen LogP contribution in [0.5, 0.6) is 5.75 Å². The molecule has 4 nitrogen and oxygen atoms in total. The predicted molar refractivity (Wildman–Crippen MR) is 96.9 cm³/mol. The van der Waals surface area contributed by atoms with Crippen molar-refractivity contribution in [3.63, 3.8) is 0 Å². The maximum Gasteiger partial charge on any atom is 0.308 e. The van der Waals surface area contributed by atoms with Crippen molar-refractivity contribution >= 4 is 27.7 Å². The Labute approximate surface area is 142 Å². The van der Waals surface area contributed by atoms with Crippen LogP contribution in [0, 0.1) is 0 Å². The molecule has 126 valence electrons. The lowest BCUT2D eigenvalue weighted by Crippen LogP contribution is -2.56. The fourth-order valence-electron chi connectivity index (χ4n) is 3.13. The summed E-state index contributed by atoms with van der Waals surface area (Å²) in [6.07, 6.45) is 5.98. The van der Waals surface area contributed by atoms with E-state index in [1.165, 1.54) is 10.8 Å². The van der Waals surface area contributed by atoms with Crippen LogP contribution in [0.4, 0.5) is 0 Å². The average molecular weight is 325 g/mol. The summed E-state index contributed by atoms with van der Waals surface area (Å²) in [5, 5.41) is 2.38. The highest BCUT2D eigenvalue weighted by Gasteiger charge is 2.08. The van der Waals surface area contributed by atoms with Gasteiger partial charge in [0.15, 0.2) is 0 Å². The van der Waals surface area contributed by atoms with E-state index in [1.807, 2.05) is 18.2 Å². The summed E-state index contributed by atoms with van der Waals surface area (Å²) >= 11 is 0. The number of unbranched alkanes of at least 4 members (excludes halogenated alkanes) is 4.